The highest BCUT2D eigenvalue weighted by molar-refractivity contribution is 8.02. The van der Waals surface area contributed by atoms with Gasteiger partial charge in [0.15, 0.2) is 0 Å². The maximum absolute atomic E-state index is 11.3. The normalized spacial score (nSPS) is 14.9. The summed E-state index contributed by atoms with van der Waals surface area (Å²) in [6, 6.07) is 8.32. The molecule has 0 radical (unpaired) electrons. The number of benzene rings is 2. The van der Waals surface area contributed by atoms with E-state index in [0.717, 1.165) is 62.3 Å². The lowest BCUT2D eigenvalue weighted by Crippen LogP contribution is -2.23. The molecule has 0 aliphatic carbocycles. The van der Waals surface area contributed by atoms with E-state index in [1.807, 2.05) is 0 Å². The minimum atomic E-state index is -0.233. The first-order valence-electron chi connectivity index (χ1n) is 17.4. The van der Waals surface area contributed by atoms with Gasteiger partial charge in [-0.05, 0) is 58.4 Å². The Hall–Kier alpha value is -2.38. The van der Waals surface area contributed by atoms with Crippen molar-refractivity contribution in [1.82, 2.24) is 4.31 Å². The Morgan fingerprint density at radius 3 is 1.40 bits per heavy atom. The van der Waals surface area contributed by atoms with Crippen molar-refractivity contribution in [3.63, 3.8) is 0 Å². The van der Waals surface area contributed by atoms with Crippen LogP contribution in [0.1, 0.15) is 151 Å². The lowest BCUT2D eigenvalue weighted by Gasteiger charge is -2.32. The molecule has 0 aromatic heterocycles. The number of phenols is 2. The van der Waals surface area contributed by atoms with Crippen molar-refractivity contribution in [3.8, 4) is 11.5 Å². The fourth-order valence-electron chi connectivity index (χ4n) is 5.85. The second-order valence-corrected chi connectivity index (χ2v) is 18.8. The van der Waals surface area contributed by atoms with E-state index in [-0.39, 0.29) is 21.7 Å². The predicted octanol–water partition coefficient (Wildman–Crippen LogP) is 12.1. The molecule has 0 saturated heterocycles. The Labute approximate surface area is 296 Å². The number of aromatic hydroxyl groups is 2. The largest absolute Gasteiger partial charge is 0.507 e. The van der Waals surface area contributed by atoms with Crippen LogP contribution in [0.25, 0.3) is 0 Å². The number of hydrogen-bond acceptors (Lipinski definition) is 7. The highest BCUT2D eigenvalue weighted by Gasteiger charge is 2.29. The third kappa shape index (κ3) is 10.3. The van der Waals surface area contributed by atoms with E-state index in [2.05, 4.69) is 135 Å². The SMILES string of the molecule is CCCCCCCCN1SC(Nc2cc(C(C)(C)C)c(O)c(C(C)(C)C)c2)=CC(Nc2cc(C(C)(C)C)c(O)c(C(C)(C)C)c2)=C1S. The van der Waals surface area contributed by atoms with Crippen LogP contribution in [-0.4, -0.2) is 21.1 Å². The highest BCUT2D eigenvalue weighted by atomic mass is 32.2. The van der Waals surface area contributed by atoms with Crippen LogP contribution in [0.15, 0.2) is 46.1 Å². The molecular weight excluding hydrogens is 619 g/mol. The third-order valence-electron chi connectivity index (χ3n) is 8.67. The lowest BCUT2D eigenvalue weighted by molar-refractivity contribution is 0.422. The van der Waals surface area contributed by atoms with Crippen molar-refractivity contribution in [2.75, 3.05) is 17.2 Å². The second-order valence-electron chi connectivity index (χ2n) is 17.3. The van der Waals surface area contributed by atoms with E-state index in [1.54, 1.807) is 11.9 Å². The van der Waals surface area contributed by atoms with Gasteiger partial charge in [-0.2, -0.15) is 0 Å². The summed E-state index contributed by atoms with van der Waals surface area (Å²) in [6.07, 6.45) is 9.48. The summed E-state index contributed by atoms with van der Waals surface area (Å²) in [5.74, 6) is 0.746. The van der Waals surface area contributed by atoms with Gasteiger partial charge in [0.25, 0.3) is 0 Å². The average Bonchev–Trinajstić information content (AvgIpc) is 2.92. The summed E-state index contributed by atoms with van der Waals surface area (Å²) in [5.41, 5.74) is 5.55. The molecule has 0 amide bonds. The van der Waals surface area contributed by atoms with E-state index in [9.17, 15) is 10.2 Å². The van der Waals surface area contributed by atoms with Crippen LogP contribution in [0.5, 0.6) is 11.5 Å². The van der Waals surface area contributed by atoms with Crippen LogP contribution in [0, 0.1) is 0 Å². The summed E-state index contributed by atoms with van der Waals surface area (Å²) in [6.45, 7) is 28.8. The van der Waals surface area contributed by atoms with Crippen LogP contribution >= 0.6 is 24.6 Å². The fraction of sp³-hybridized carbons (Fsp3) is 0.600. The molecular formula is C40H63N3O2S2. The zero-order valence-corrected chi connectivity index (χ0v) is 33.2. The zero-order chi connectivity index (χ0) is 35.5. The van der Waals surface area contributed by atoms with Crippen molar-refractivity contribution in [3.05, 3.63) is 68.4 Å². The van der Waals surface area contributed by atoms with Gasteiger partial charge < -0.3 is 25.2 Å². The number of thiol groups is 1. The molecule has 0 saturated carbocycles. The molecule has 262 valence electrons. The van der Waals surface area contributed by atoms with E-state index in [0.29, 0.717) is 11.5 Å². The van der Waals surface area contributed by atoms with Gasteiger partial charge in [0.05, 0.1) is 10.7 Å². The number of phenolic OH excluding ortho intramolecular Hbond substituents is 2. The Morgan fingerprint density at radius 1 is 0.617 bits per heavy atom. The number of nitrogens with one attached hydrogen (secondary N) is 2. The van der Waals surface area contributed by atoms with Gasteiger partial charge in [0.1, 0.15) is 16.5 Å². The number of allylic oxidation sites excluding steroid dienone is 1. The second kappa shape index (κ2) is 15.0. The first-order chi connectivity index (χ1) is 21.5. The standard InChI is InChI=1S/C40H63N3O2S2/c1-14-15-16-17-18-19-20-43-36(46)32(41-26-21-28(37(2,3)4)34(44)29(22-26)38(5,6)7)25-33(47-43)42-27-23-30(39(8,9)10)35(45)31(24-27)40(11,12)13/h21-25,41-42,44-46H,14-20H2,1-13H3. The van der Waals surface area contributed by atoms with Gasteiger partial charge in [-0.15, -0.1) is 12.6 Å². The van der Waals surface area contributed by atoms with Gasteiger partial charge in [0, 0.05) is 52.1 Å². The van der Waals surface area contributed by atoms with Crippen LogP contribution < -0.4 is 10.6 Å². The van der Waals surface area contributed by atoms with E-state index in [1.165, 1.54) is 32.1 Å². The summed E-state index contributed by atoms with van der Waals surface area (Å²) >= 11 is 6.75. The molecule has 0 fully saturated rings. The quantitative estimate of drug-likeness (QED) is 0.0704. The molecule has 7 heteroatoms. The van der Waals surface area contributed by atoms with E-state index in [4.69, 9.17) is 12.6 Å². The highest BCUT2D eigenvalue weighted by Crippen LogP contribution is 2.44. The average molecular weight is 682 g/mol. The summed E-state index contributed by atoms with van der Waals surface area (Å²) in [4.78, 5) is 0. The minimum Gasteiger partial charge on any atom is -0.507 e. The van der Waals surface area contributed by atoms with Gasteiger partial charge in [-0.3, -0.25) is 0 Å². The fourth-order valence-corrected chi connectivity index (χ4v) is 7.17. The van der Waals surface area contributed by atoms with Crippen LogP contribution in [-0.2, 0) is 21.7 Å². The maximum atomic E-state index is 11.3. The Morgan fingerprint density at radius 2 is 1.00 bits per heavy atom. The molecule has 1 aliphatic heterocycles. The van der Waals surface area contributed by atoms with Crippen molar-refractivity contribution in [1.29, 1.82) is 0 Å². The van der Waals surface area contributed by atoms with E-state index >= 15 is 0 Å². The summed E-state index contributed by atoms with van der Waals surface area (Å²) in [5, 5.41) is 32.0. The van der Waals surface area contributed by atoms with Crippen LogP contribution in [0.4, 0.5) is 11.4 Å². The molecule has 0 atom stereocenters. The number of unbranched alkanes of at least 4 members (excludes halogenated alkanes) is 5. The van der Waals surface area contributed by atoms with Gasteiger partial charge in [-0.1, -0.05) is 122 Å². The molecule has 1 heterocycles. The van der Waals surface area contributed by atoms with Crippen molar-refractivity contribution in [2.24, 2.45) is 0 Å². The molecule has 0 spiro atoms. The maximum Gasteiger partial charge on any atom is 0.123 e. The van der Waals surface area contributed by atoms with Crippen molar-refractivity contribution in [2.45, 2.75) is 150 Å². The smallest absolute Gasteiger partial charge is 0.123 e. The van der Waals surface area contributed by atoms with Crippen LogP contribution in [0.3, 0.4) is 0 Å². The number of rotatable bonds is 11. The minimum absolute atomic E-state index is 0.223. The summed E-state index contributed by atoms with van der Waals surface area (Å²) in [7, 11) is 0. The van der Waals surface area contributed by atoms with Gasteiger partial charge in [0.2, 0.25) is 0 Å². The monoisotopic (exact) mass is 681 g/mol. The predicted molar refractivity (Wildman–Crippen MR) is 210 cm³/mol. The molecule has 2 aromatic carbocycles. The molecule has 0 unspecified atom stereocenters. The lowest BCUT2D eigenvalue weighted by atomic mass is 9.79. The van der Waals surface area contributed by atoms with Gasteiger partial charge >= 0.3 is 0 Å². The van der Waals surface area contributed by atoms with Crippen molar-refractivity contribution >= 4 is 36.0 Å². The van der Waals surface area contributed by atoms with Gasteiger partial charge in [-0.25, -0.2) is 0 Å². The third-order valence-corrected chi connectivity index (χ3v) is 10.3. The number of hydrogen-bond donors (Lipinski definition) is 5. The Kier molecular flexibility index (Phi) is 12.5. The molecule has 5 nitrogen and oxygen atoms in total. The molecule has 4 N–H and O–H groups in total. The first kappa shape index (κ1) is 39.1. The molecule has 3 rings (SSSR count). The first-order valence-corrected chi connectivity index (χ1v) is 18.7. The van der Waals surface area contributed by atoms with Crippen molar-refractivity contribution < 1.29 is 10.2 Å². The zero-order valence-electron chi connectivity index (χ0n) is 31.5. The van der Waals surface area contributed by atoms with Crippen LogP contribution in [0.2, 0.25) is 0 Å². The topological polar surface area (TPSA) is 67.8 Å². The Bertz CT molecular complexity index is 1390. The molecule has 1 aliphatic rings. The number of nitrogens with zero attached hydrogens (tertiary/aromatic N) is 1. The molecule has 2 aromatic rings. The molecule has 0 bridgehead atoms. The Balaban J connectivity index is 2.09. The van der Waals surface area contributed by atoms with E-state index < -0.39 is 0 Å². The molecule has 47 heavy (non-hydrogen) atoms. The summed E-state index contributed by atoms with van der Waals surface area (Å²) < 4.78 is 2.28. The number of anilines is 2.